The van der Waals surface area contributed by atoms with Gasteiger partial charge in [-0.2, -0.15) is 0 Å². The van der Waals surface area contributed by atoms with Gasteiger partial charge in [-0.15, -0.1) is 10.2 Å². The van der Waals surface area contributed by atoms with E-state index in [-0.39, 0.29) is 79.3 Å². The zero-order valence-electron chi connectivity index (χ0n) is 44.0. The van der Waals surface area contributed by atoms with E-state index < -0.39 is 18.1 Å². The number of aromatic hydroxyl groups is 1. The Morgan fingerprint density at radius 3 is 2.37 bits per heavy atom. The summed E-state index contributed by atoms with van der Waals surface area (Å²) in [5.74, 6) is 1.53. The normalized spacial score (nSPS) is 21.6. The zero-order chi connectivity index (χ0) is 54.0. The molecule has 2 unspecified atom stereocenters. The van der Waals surface area contributed by atoms with Gasteiger partial charge in [0.1, 0.15) is 48.1 Å². The van der Waals surface area contributed by atoms with Gasteiger partial charge in [-0.1, -0.05) is 38.1 Å². The number of nitrogens with two attached hydrogens (primary N) is 1. The quantitative estimate of drug-likeness (QED) is 0.0662. The predicted molar refractivity (Wildman–Crippen MR) is 291 cm³/mol. The Bertz CT molecular complexity index is 3250. The fourth-order valence-electron chi connectivity index (χ4n) is 11.2. The number of ether oxygens (including phenoxy) is 3. The monoisotopic (exact) mass is 1060 g/mol. The highest BCUT2D eigenvalue weighted by molar-refractivity contribution is 5.91. The molecule has 4 fully saturated rings. The van der Waals surface area contributed by atoms with Crippen molar-refractivity contribution < 1.29 is 38.5 Å². The summed E-state index contributed by atoms with van der Waals surface area (Å²) in [6, 6.07) is 25.7. The van der Waals surface area contributed by atoms with E-state index in [1.807, 2.05) is 111 Å². The molecule has 2 amide bonds. The number of piperazine rings is 1. The van der Waals surface area contributed by atoms with Crippen LogP contribution >= 0.6 is 0 Å². The van der Waals surface area contributed by atoms with Crippen molar-refractivity contribution in [1.29, 1.82) is 0 Å². The zero-order valence-corrected chi connectivity index (χ0v) is 44.0. The maximum absolute atomic E-state index is 14.2. The number of phenols is 1. The fraction of sp³-hybridized carbons (Fsp3) is 0.379. The van der Waals surface area contributed by atoms with E-state index >= 15 is 0 Å². The Morgan fingerprint density at radius 1 is 0.859 bits per heavy atom. The Morgan fingerprint density at radius 2 is 1.64 bits per heavy atom. The van der Waals surface area contributed by atoms with Crippen LogP contribution in [0.5, 0.6) is 23.3 Å². The van der Waals surface area contributed by atoms with E-state index in [9.17, 15) is 19.8 Å². The summed E-state index contributed by atoms with van der Waals surface area (Å²) in [6.45, 7) is 9.36. The summed E-state index contributed by atoms with van der Waals surface area (Å²) in [7, 11) is 0. The average Bonchev–Trinajstić information content (AvgIpc) is 4.28. The van der Waals surface area contributed by atoms with Crippen LogP contribution in [0, 0.1) is 12.8 Å². The second-order valence-electron chi connectivity index (χ2n) is 21.0. The summed E-state index contributed by atoms with van der Waals surface area (Å²) in [4.78, 5) is 47.5. The van der Waals surface area contributed by atoms with Crippen LogP contribution in [0.15, 0.2) is 120 Å². The van der Waals surface area contributed by atoms with Gasteiger partial charge < -0.3 is 59.3 Å². The minimum Gasteiger partial charge on any atom is -0.507 e. The maximum Gasteiger partial charge on any atom is 0.254 e. The minimum atomic E-state index is -0.856. The number of fused-ring (bicyclic) bond motifs is 2. The first kappa shape index (κ1) is 51.6. The molecule has 2 bridgehead atoms. The Hall–Kier alpha value is -8.52. The smallest absolute Gasteiger partial charge is 0.254 e. The van der Waals surface area contributed by atoms with E-state index in [0.717, 1.165) is 67.2 Å². The van der Waals surface area contributed by atoms with E-state index in [2.05, 4.69) is 51.5 Å². The number of carbonyl (C=O) groups is 2. The van der Waals surface area contributed by atoms with Crippen molar-refractivity contribution in [1.82, 2.24) is 45.1 Å². The van der Waals surface area contributed by atoms with Crippen LogP contribution < -0.4 is 35.1 Å². The van der Waals surface area contributed by atoms with Crippen LogP contribution in [-0.4, -0.2) is 124 Å². The van der Waals surface area contributed by atoms with Crippen molar-refractivity contribution in [3.05, 3.63) is 139 Å². The molecule has 78 heavy (non-hydrogen) atoms. The standard InChI is InChI=1S/C58H64N12O8/c1-34(2)55(58(74)69-33-43(71)25-50(69)57(73)63-35(3)37-11-14-39(15-12-37)68-22-21-60-36(68)4)52-29-54(66-78-52)75-23-7-8-38-13-18-44(30-62-38)76-45-26-46(27-45)77-53-24-40(19-20-61-53)70-41-16-17-42(70)32-67(31-41)49-28-48(64-65-56(49)59)47-9-5-6-10-51(47)72/h5-15,18-22,24,28-30,34-35,41-43,45-46,50,55,71-72H,16-17,23,25-27,31-33H2,1-4H3,(H2,59,65)(H,63,73)/b8-7+/t35-,41?,42?,43+,45?,46?,50-,55+/m0/s1. The number of aliphatic hydroxyl groups excluding tert-OH is 1. The number of phenolic OH excluding ortho intramolecular Hbond substituents is 1. The van der Waals surface area contributed by atoms with E-state index in [0.29, 0.717) is 40.2 Å². The SMILES string of the molecule is Cc1nccn1-c1ccc([C@H](C)NC(=O)[C@@H]2C[C@@H](O)CN2C(=O)[C@@H](c2cc(OC/C=C/c3ccc(OC4CC(Oc5cc(N6C7CCC6CN(c6cc(-c8ccccc8O)nnc6N)C7)ccn5)C4)cn3)no2)C(C)C)cc1. The summed E-state index contributed by atoms with van der Waals surface area (Å²) < 4.78 is 26.1. The number of carbonyl (C=O) groups excluding carboxylic acids is 2. The number of β-amino-alcohol motifs (C(OH)–C–C–N with tert-alkyl or cyclic N) is 1. The number of aliphatic hydroxyl groups is 1. The van der Waals surface area contributed by atoms with Crippen molar-refractivity contribution in [2.75, 3.05) is 41.8 Å². The minimum absolute atomic E-state index is 0.0110. The molecule has 11 rings (SSSR count). The third-order valence-electron chi connectivity index (χ3n) is 15.3. The summed E-state index contributed by atoms with van der Waals surface area (Å²) in [5.41, 5.74) is 12.1. The van der Waals surface area contributed by atoms with Crippen molar-refractivity contribution in [2.45, 2.75) is 108 Å². The lowest BCUT2D eigenvalue weighted by molar-refractivity contribution is -0.141. The number of hydrogen-bond donors (Lipinski definition) is 4. The Labute approximate surface area is 451 Å². The number of aryl methyl sites for hydroxylation is 1. The first-order chi connectivity index (χ1) is 37.8. The molecule has 3 aliphatic heterocycles. The fourth-order valence-corrected chi connectivity index (χ4v) is 11.2. The number of aromatic nitrogens is 7. The number of hydrogen-bond acceptors (Lipinski definition) is 17. The number of pyridine rings is 2. The molecule has 20 nitrogen and oxygen atoms in total. The van der Waals surface area contributed by atoms with E-state index in [1.165, 1.54) is 4.90 Å². The van der Waals surface area contributed by atoms with Crippen LogP contribution in [0.2, 0.25) is 0 Å². The average molecular weight is 1060 g/mol. The first-order valence-corrected chi connectivity index (χ1v) is 26.7. The number of nitrogen functional groups attached to an aromatic ring is 1. The third kappa shape index (κ3) is 11.0. The molecular formula is C58H64N12O8. The van der Waals surface area contributed by atoms with Gasteiger partial charge >= 0.3 is 0 Å². The molecule has 5 aromatic heterocycles. The van der Waals surface area contributed by atoms with Gasteiger partial charge in [0.25, 0.3) is 5.88 Å². The summed E-state index contributed by atoms with van der Waals surface area (Å²) in [5, 5.41) is 36.8. The van der Waals surface area contributed by atoms with Crippen LogP contribution in [0.1, 0.15) is 87.7 Å². The highest BCUT2D eigenvalue weighted by Gasteiger charge is 2.44. The number of anilines is 3. The van der Waals surface area contributed by atoms with Gasteiger partial charge in [-0.05, 0) is 104 Å². The number of para-hydroxylation sites is 1. The molecule has 3 saturated heterocycles. The maximum atomic E-state index is 14.2. The Kier molecular flexibility index (Phi) is 14.7. The predicted octanol–water partition coefficient (Wildman–Crippen LogP) is 7.22. The highest BCUT2D eigenvalue weighted by Crippen LogP contribution is 2.41. The number of rotatable bonds is 18. The van der Waals surface area contributed by atoms with Crippen LogP contribution in [0.3, 0.4) is 0 Å². The lowest BCUT2D eigenvalue weighted by Crippen LogP contribution is -2.54. The largest absolute Gasteiger partial charge is 0.507 e. The molecule has 404 valence electrons. The molecule has 4 aliphatic rings. The number of imidazole rings is 1. The second kappa shape index (κ2) is 22.2. The van der Waals surface area contributed by atoms with Crippen molar-refractivity contribution in [3.8, 4) is 40.2 Å². The number of amides is 2. The molecule has 5 N–H and O–H groups in total. The van der Waals surface area contributed by atoms with Crippen LogP contribution in [-0.2, 0) is 9.59 Å². The molecule has 1 aliphatic carbocycles. The van der Waals surface area contributed by atoms with Gasteiger partial charge in [0.15, 0.2) is 11.6 Å². The van der Waals surface area contributed by atoms with Crippen molar-refractivity contribution >= 4 is 35.1 Å². The highest BCUT2D eigenvalue weighted by atomic mass is 16.5. The number of nitrogens with zero attached hydrogens (tertiary/aromatic N) is 10. The lowest BCUT2D eigenvalue weighted by Gasteiger charge is -2.43. The van der Waals surface area contributed by atoms with Gasteiger partial charge in [0, 0.05) is 98.6 Å². The van der Waals surface area contributed by atoms with Crippen LogP contribution in [0.25, 0.3) is 23.0 Å². The van der Waals surface area contributed by atoms with Gasteiger partial charge in [0.05, 0.1) is 35.4 Å². The molecule has 8 heterocycles. The summed E-state index contributed by atoms with van der Waals surface area (Å²) in [6.07, 6.45) is 13.6. The van der Waals surface area contributed by atoms with E-state index in [1.54, 1.807) is 36.7 Å². The molecule has 0 radical (unpaired) electrons. The number of benzene rings is 2. The third-order valence-corrected chi connectivity index (χ3v) is 15.3. The lowest BCUT2D eigenvalue weighted by atomic mass is 9.91. The number of nitrogens with one attached hydrogen (secondary N) is 1. The molecule has 2 aromatic carbocycles. The topological polar surface area (TPSA) is 245 Å². The van der Waals surface area contributed by atoms with Gasteiger partial charge in [0.2, 0.25) is 17.7 Å². The van der Waals surface area contributed by atoms with Crippen molar-refractivity contribution in [2.24, 2.45) is 5.92 Å². The molecule has 7 aromatic rings. The molecular weight excluding hydrogens is 993 g/mol. The number of likely N-dealkylation sites (tertiary alicyclic amines) is 1. The van der Waals surface area contributed by atoms with Crippen LogP contribution in [0.4, 0.5) is 17.2 Å². The van der Waals surface area contributed by atoms with Gasteiger partial charge in [-0.25, -0.2) is 9.97 Å². The Balaban J connectivity index is 0.623. The van der Waals surface area contributed by atoms with Crippen molar-refractivity contribution in [3.63, 3.8) is 0 Å². The molecule has 1 saturated carbocycles. The second-order valence-corrected chi connectivity index (χ2v) is 21.0. The molecule has 0 spiro atoms. The molecule has 6 atom stereocenters. The van der Waals surface area contributed by atoms with E-state index in [4.69, 9.17) is 24.5 Å². The van der Waals surface area contributed by atoms with Gasteiger partial charge in [-0.3, -0.25) is 14.6 Å². The first-order valence-electron chi connectivity index (χ1n) is 26.7. The summed E-state index contributed by atoms with van der Waals surface area (Å²) >= 11 is 0. The molecule has 20 heteroatoms.